The van der Waals surface area contributed by atoms with Gasteiger partial charge in [0.05, 0.1) is 13.2 Å². The van der Waals surface area contributed by atoms with Gasteiger partial charge in [-0.25, -0.2) is 20.0 Å². The maximum atomic E-state index is 12.0. The number of carbonyl (C=O) groups excluding carboxylic acids is 2. The van der Waals surface area contributed by atoms with E-state index in [-0.39, 0.29) is 6.03 Å². The van der Waals surface area contributed by atoms with Crippen LogP contribution in [0.15, 0.2) is 0 Å². The molecule has 1 heterocycles. The molecule has 1 saturated heterocycles. The molecular formula is C11H23N3O3Si. The summed E-state index contributed by atoms with van der Waals surface area (Å²) in [5.41, 5.74) is 2.49. The van der Waals surface area contributed by atoms with E-state index in [9.17, 15) is 9.59 Å². The second-order valence-electron chi connectivity index (χ2n) is 5.36. The van der Waals surface area contributed by atoms with Gasteiger partial charge in [-0.05, 0) is 6.42 Å². The van der Waals surface area contributed by atoms with E-state index in [4.69, 9.17) is 4.74 Å². The Morgan fingerprint density at radius 2 is 2.06 bits per heavy atom. The molecule has 18 heavy (non-hydrogen) atoms. The Morgan fingerprint density at radius 3 is 2.56 bits per heavy atom. The summed E-state index contributed by atoms with van der Waals surface area (Å²) in [7, 11) is -1.66. The van der Waals surface area contributed by atoms with E-state index in [1.54, 1.807) is 0 Å². The number of hydrogen-bond acceptors (Lipinski definition) is 3. The quantitative estimate of drug-likeness (QED) is 0.615. The lowest BCUT2D eigenvalue weighted by Crippen LogP contribution is -2.51. The van der Waals surface area contributed by atoms with E-state index in [1.807, 2.05) is 11.5 Å². The Balaban J connectivity index is 2.41. The van der Waals surface area contributed by atoms with Crippen molar-refractivity contribution in [2.45, 2.75) is 39.4 Å². The van der Waals surface area contributed by atoms with Crippen molar-refractivity contribution in [3.05, 3.63) is 0 Å². The van der Waals surface area contributed by atoms with Crippen LogP contribution in [0.2, 0.25) is 19.6 Å². The third kappa shape index (κ3) is 3.90. The number of nitrogens with zero attached hydrogens (tertiary/aromatic N) is 2. The number of hydrogen-bond donors (Lipinski definition) is 1. The molecule has 1 rings (SSSR count). The van der Waals surface area contributed by atoms with Crippen LogP contribution in [0.5, 0.6) is 0 Å². The maximum Gasteiger partial charge on any atom is 0.426 e. The predicted octanol–water partition coefficient (Wildman–Crippen LogP) is 2.00. The molecule has 1 N–H and O–H groups in total. The number of rotatable bonds is 5. The van der Waals surface area contributed by atoms with Gasteiger partial charge in [0.25, 0.3) is 0 Å². The monoisotopic (exact) mass is 273 g/mol. The average molecular weight is 273 g/mol. The molecular weight excluding hydrogens is 250 g/mol. The average Bonchev–Trinajstić information content (AvgIpc) is 2.60. The topological polar surface area (TPSA) is 61.9 Å². The fourth-order valence-corrected chi connectivity index (χ4v) is 3.18. The van der Waals surface area contributed by atoms with Crippen molar-refractivity contribution in [2.75, 3.05) is 19.7 Å². The van der Waals surface area contributed by atoms with E-state index < -0.39 is 14.3 Å². The number of hydrazine groups is 1. The van der Waals surface area contributed by atoms with E-state index in [0.29, 0.717) is 19.7 Å². The molecule has 6 nitrogen and oxygen atoms in total. The lowest BCUT2D eigenvalue weighted by molar-refractivity contribution is 0.117. The molecule has 0 unspecified atom stereocenters. The zero-order valence-electron chi connectivity index (χ0n) is 11.7. The summed E-state index contributed by atoms with van der Waals surface area (Å²) < 4.78 is 6.82. The molecule has 1 aliphatic heterocycles. The fourth-order valence-electron chi connectivity index (χ4n) is 1.71. The molecule has 0 aromatic heterocycles. The standard InChI is InChI=1S/C11H23N3O3Si/c1-5-6-9-17-10(15)12-13-7-8-14(11(13)16)18(2,3)4/h5-9H2,1-4H3,(H,12,15). The number of urea groups is 1. The molecule has 0 atom stereocenters. The van der Waals surface area contributed by atoms with Gasteiger partial charge >= 0.3 is 12.1 Å². The highest BCUT2D eigenvalue weighted by atomic mass is 28.3. The summed E-state index contributed by atoms with van der Waals surface area (Å²) in [5, 5.41) is 1.34. The molecule has 0 spiro atoms. The van der Waals surface area contributed by atoms with Gasteiger partial charge in [-0.3, -0.25) is 0 Å². The van der Waals surface area contributed by atoms with Crippen LogP contribution in [0.3, 0.4) is 0 Å². The van der Waals surface area contributed by atoms with Crippen molar-refractivity contribution in [3.63, 3.8) is 0 Å². The maximum absolute atomic E-state index is 12.0. The SMILES string of the molecule is CCCCOC(=O)NN1CCN([Si](C)(C)C)C1=O. The molecule has 0 saturated carbocycles. The van der Waals surface area contributed by atoms with Gasteiger partial charge in [0.15, 0.2) is 8.24 Å². The Kier molecular flexibility index (Phi) is 5.00. The van der Waals surface area contributed by atoms with E-state index in [2.05, 4.69) is 25.1 Å². The molecule has 7 heteroatoms. The van der Waals surface area contributed by atoms with Crippen molar-refractivity contribution in [1.82, 2.24) is 15.0 Å². The van der Waals surface area contributed by atoms with Gasteiger partial charge in [0.2, 0.25) is 0 Å². The van der Waals surface area contributed by atoms with Crippen LogP contribution < -0.4 is 5.43 Å². The Bertz CT molecular complexity index is 317. The Labute approximate surface area is 109 Å². The Morgan fingerprint density at radius 1 is 1.39 bits per heavy atom. The van der Waals surface area contributed by atoms with Crippen LogP contribution in [-0.2, 0) is 4.74 Å². The Hall–Kier alpha value is -1.24. The largest absolute Gasteiger partial charge is 0.448 e. The number of nitrogens with one attached hydrogen (secondary N) is 1. The highest BCUT2D eigenvalue weighted by Gasteiger charge is 2.37. The van der Waals surface area contributed by atoms with Crippen LogP contribution in [-0.4, -0.2) is 49.6 Å². The summed E-state index contributed by atoms with van der Waals surface area (Å²) in [6.07, 6.45) is 1.26. The molecule has 0 aromatic rings. The first kappa shape index (κ1) is 14.8. The smallest absolute Gasteiger partial charge is 0.426 e. The first-order valence-electron chi connectivity index (χ1n) is 6.39. The van der Waals surface area contributed by atoms with Gasteiger partial charge in [0.1, 0.15) is 0 Å². The molecule has 1 fully saturated rings. The zero-order valence-corrected chi connectivity index (χ0v) is 12.7. The van der Waals surface area contributed by atoms with Crippen LogP contribution in [0, 0.1) is 0 Å². The van der Waals surface area contributed by atoms with Gasteiger partial charge in [-0.2, -0.15) is 0 Å². The molecule has 0 aromatic carbocycles. The van der Waals surface area contributed by atoms with Crippen molar-refractivity contribution in [2.24, 2.45) is 0 Å². The first-order chi connectivity index (χ1) is 8.36. The van der Waals surface area contributed by atoms with Gasteiger partial charge in [-0.15, -0.1) is 0 Å². The third-order valence-electron chi connectivity index (χ3n) is 2.78. The molecule has 0 aliphatic carbocycles. The van der Waals surface area contributed by atoms with Crippen LogP contribution in [0.4, 0.5) is 9.59 Å². The number of ether oxygens (including phenoxy) is 1. The lowest BCUT2D eigenvalue weighted by Gasteiger charge is -2.29. The minimum Gasteiger partial charge on any atom is -0.448 e. The van der Waals surface area contributed by atoms with Crippen LogP contribution >= 0.6 is 0 Å². The van der Waals surface area contributed by atoms with Crippen LogP contribution in [0.1, 0.15) is 19.8 Å². The van der Waals surface area contributed by atoms with Crippen LogP contribution in [0.25, 0.3) is 0 Å². The summed E-state index contributed by atoms with van der Waals surface area (Å²) in [6, 6.07) is -0.124. The van der Waals surface area contributed by atoms with Crippen molar-refractivity contribution in [1.29, 1.82) is 0 Å². The zero-order chi connectivity index (χ0) is 13.8. The van der Waals surface area contributed by atoms with Crippen molar-refractivity contribution in [3.8, 4) is 0 Å². The summed E-state index contributed by atoms with van der Waals surface area (Å²) in [5.74, 6) is 0. The third-order valence-corrected chi connectivity index (χ3v) is 4.81. The molecule has 0 radical (unpaired) electrons. The second-order valence-corrected chi connectivity index (χ2v) is 10.2. The van der Waals surface area contributed by atoms with Gasteiger partial charge < -0.3 is 9.30 Å². The first-order valence-corrected chi connectivity index (χ1v) is 9.83. The highest BCUT2D eigenvalue weighted by Crippen LogP contribution is 2.16. The number of amides is 3. The van der Waals surface area contributed by atoms with E-state index >= 15 is 0 Å². The number of carbonyl (C=O) groups is 2. The van der Waals surface area contributed by atoms with Crippen molar-refractivity contribution < 1.29 is 14.3 Å². The molecule has 3 amide bonds. The molecule has 1 aliphatic rings. The summed E-state index contributed by atoms with van der Waals surface area (Å²) in [6.45, 7) is 9.92. The fraction of sp³-hybridized carbons (Fsp3) is 0.818. The van der Waals surface area contributed by atoms with E-state index in [1.165, 1.54) is 5.01 Å². The van der Waals surface area contributed by atoms with E-state index in [0.717, 1.165) is 12.8 Å². The van der Waals surface area contributed by atoms with Gasteiger partial charge in [0, 0.05) is 6.54 Å². The molecule has 104 valence electrons. The highest BCUT2D eigenvalue weighted by molar-refractivity contribution is 6.75. The summed E-state index contributed by atoms with van der Waals surface area (Å²) in [4.78, 5) is 23.5. The van der Waals surface area contributed by atoms with Crippen molar-refractivity contribution >= 4 is 20.4 Å². The molecule has 0 bridgehead atoms. The summed E-state index contributed by atoms with van der Waals surface area (Å²) >= 11 is 0. The lowest BCUT2D eigenvalue weighted by atomic mass is 10.4. The normalized spacial score (nSPS) is 16.1. The minimum atomic E-state index is -1.66. The predicted molar refractivity (Wildman–Crippen MR) is 71.5 cm³/mol. The minimum absolute atomic E-state index is 0.124. The second kappa shape index (κ2) is 6.08. The van der Waals surface area contributed by atoms with Gasteiger partial charge in [-0.1, -0.05) is 33.0 Å². The number of unbranched alkanes of at least 4 members (excludes halogenated alkanes) is 1.